The van der Waals surface area contributed by atoms with Crippen LogP contribution in [0, 0.1) is 0 Å². The number of likely N-dealkylation sites (tertiary alicyclic amines) is 1. The quantitative estimate of drug-likeness (QED) is 0.775. The van der Waals surface area contributed by atoms with Crippen LogP contribution >= 0.6 is 0 Å². The summed E-state index contributed by atoms with van der Waals surface area (Å²) in [7, 11) is 1.52. The number of benzene rings is 2. The molecule has 8 heteroatoms. The van der Waals surface area contributed by atoms with E-state index >= 15 is 0 Å². The van der Waals surface area contributed by atoms with E-state index in [1.807, 2.05) is 0 Å². The van der Waals surface area contributed by atoms with Crippen LogP contribution in [0.2, 0.25) is 0 Å². The molecule has 1 fully saturated rings. The Morgan fingerprint density at radius 1 is 1.11 bits per heavy atom. The molecular weight excluding hydrogens is 373 g/mol. The summed E-state index contributed by atoms with van der Waals surface area (Å²) in [6.07, 6.45) is -3.34. The van der Waals surface area contributed by atoms with Crippen molar-refractivity contribution in [3.63, 3.8) is 0 Å². The van der Waals surface area contributed by atoms with Crippen LogP contribution in [0.25, 0.3) is 0 Å². The summed E-state index contributed by atoms with van der Waals surface area (Å²) in [4.78, 5) is 28.0. The molecule has 148 valence electrons. The number of carbonyl (C=O) groups is 2. The molecular formula is C20H19F3N2O3. The minimum absolute atomic E-state index is 0.0328. The van der Waals surface area contributed by atoms with Crippen molar-refractivity contribution in [2.24, 2.45) is 0 Å². The van der Waals surface area contributed by atoms with Crippen LogP contribution in [0.4, 0.5) is 18.9 Å². The number of nitrogens with zero attached hydrogens (tertiary/aromatic N) is 2. The number of anilines is 1. The number of carbonyl (C=O) groups excluding carboxylic acids is 2. The van der Waals surface area contributed by atoms with Gasteiger partial charge in [0.05, 0.1) is 12.7 Å². The van der Waals surface area contributed by atoms with E-state index in [0.29, 0.717) is 30.8 Å². The first-order valence-electron chi connectivity index (χ1n) is 8.70. The van der Waals surface area contributed by atoms with Crippen LogP contribution in [-0.4, -0.2) is 37.0 Å². The maximum absolute atomic E-state index is 13.0. The Labute approximate surface area is 160 Å². The Morgan fingerprint density at radius 3 is 2.25 bits per heavy atom. The van der Waals surface area contributed by atoms with E-state index in [9.17, 15) is 22.8 Å². The molecule has 2 amide bonds. The number of methoxy groups -OCH3 is 1. The number of amides is 2. The van der Waals surface area contributed by atoms with Crippen molar-refractivity contribution < 1.29 is 27.5 Å². The highest BCUT2D eigenvalue weighted by atomic mass is 19.4. The monoisotopic (exact) mass is 392 g/mol. The van der Waals surface area contributed by atoms with Gasteiger partial charge >= 0.3 is 6.18 Å². The van der Waals surface area contributed by atoms with E-state index in [4.69, 9.17) is 4.74 Å². The second kappa shape index (κ2) is 7.92. The molecule has 5 nitrogen and oxygen atoms in total. The van der Waals surface area contributed by atoms with Crippen LogP contribution < -0.4 is 9.64 Å². The van der Waals surface area contributed by atoms with Gasteiger partial charge in [0.25, 0.3) is 5.91 Å². The van der Waals surface area contributed by atoms with Gasteiger partial charge in [-0.1, -0.05) is 0 Å². The molecule has 0 saturated carbocycles. The number of rotatable bonds is 5. The first-order valence-corrected chi connectivity index (χ1v) is 8.70. The highest BCUT2D eigenvalue weighted by molar-refractivity contribution is 6.06. The lowest BCUT2D eigenvalue weighted by Crippen LogP contribution is -2.42. The molecule has 0 atom stereocenters. The minimum atomic E-state index is -4.47. The second-order valence-electron chi connectivity index (χ2n) is 6.41. The van der Waals surface area contributed by atoms with Gasteiger partial charge in [-0.05, 0) is 55.0 Å². The standard InChI is InChI=1S/C20H19F3N2O3/c1-28-17-10-8-16(9-11-17)25(13-24-12-2-3-18(24)26)19(27)14-4-6-15(7-5-14)20(21,22)23/h4-11H,2-3,12-13H2,1H3. The molecule has 2 aromatic rings. The van der Waals surface area contributed by atoms with E-state index in [1.54, 1.807) is 29.2 Å². The molecule has 2 aromatic carbocycles. The van der Waals surface area contributed by atoms with Crippen molar-refractivity contribution >= 4 is 17.5 Å². The minimum Gasteiger partial charge on any atom is -0.497 e. The first kappa shape index (κ1) is 19.7. The summed E-state index contributed by atoms with van der Waals surface area (Å²) in [5.74, 6) is 0.0558. The smallest absolute Gasteiger partial charge is 0.416 e. The van der Waals surface area contributed by atoms with Crippen molar-refractivity contribution in [1.29, 1.82) is 0 Å². The summed E-state index contributed by atoms with van der Waals surface area (Å²) in [6.45, 7) is 0.566. The molecule has 0 unspecified atom stereocenters. The maximum Gasteiger partial charge on any atom is 0.416 e. The first-order chi connectivity index (χ1) is 13.3. The number of ether oxygens (including phenoxy) is 1. The van der Waals surface area contributed by atoms with Crippen LogP contribution in [0.1, 0.15) is 28.8 Å². The van der Waals surface area contributed by atoms with Gasteiger partial charge in [-0.15, -0.1) is 0 Å². The average Bonchev–Trinajstić information content (AvgIpc) is 3.10. The zero-order valence-corrected chi connectivity index (χ0v) is 15.2. The summed E-state index contributed by atoms with van der Waals surface area (Å²) < 4.78 is 43.4. The third-order valence-corrected chi connectivity index (χ3v) is 4.57. The molecule has 0 N–H and O–H groups in total. The van der Waals surface area contributed by atoms with E-state index < -0.39 is 17.6 Å². The van der Waals surface area contributed by atoms with Crippen LogP contribution in [-0.2, 0) is 11.0 Å². The normalized spacial score (nSPS) is 14.3. The van der Waals surface area contributed by atoms with Crippen molar-refractivity contribution in [2.45, 2.75) is 19.0 Å². The Balaban J connectivity index is 1.90. The third-order valence-electron chi connectivity index (χ3n) is 4.57. The molecule has 1 heterocycles. The zero-order chi connectivity index (χ0) is 20.3. The third kappa shape index (κ3) is 4.27. The van der Waals surface area contributed by atoms with Gasteiger partial charge in [-0.2, -0.15) is 13.2 Å². The predicted octanol–water partition coefficient (Wildman–Crippen LogP) is 3.94. The van der Waals surface area contributed by atoms with Crippen LogP contribution in [0.5, 0.6) is 5.75 Å². The topological polar surface area (TPSA) is 49.9 Å². The zero-order valence-electron chi connectivity index (χ0n) is 15.2. The lowest BCUT2D eigenvalue weighted by molar-refractivity contribution is -0.137. The fourth-order valence-corrected chi connectivity index (χ4v) is 3.01. The number of hydrogen-bond donors (Lipinski definition) is 0. The van der Waals surface area contributed by atoms with Gasteiger partial charge in [0, 0.05) is 24.2 Å². The molecule has 0 spiro atoms. The summed E-state index contributed by atoms with van der Waals surface area (Å²) >= 11 is 0. The van der Waals surface area contributed by atoms with Crippen LogP contribution in [0.15, 0.2) is 48.5 Å². The Morgan fingerprint density at radius 2 is 1.75 bits per heavy atom. The molecule has 28 heavy (non-hydrogen) atoms. The van der Waals surface area contributed by atoms with Crippen molar-refractivity contribution in [1.82, 2.24) is 4.90 Å². The average molecular weight is 392 g/mol. The van der Waals surface area contributed by atoms with Gasteiger partial charge in [0.15, 0.2) is 0 Å². The number of hydrogen-bond acceptors (Lipinski definition) is 3. The SMILES string of the molecule is COc1ccc(N(CN2CCCC2=O)C(=O)c2ccc(C(F)(F)F)cc2)cc1. The predicted molar refractivity (Wildman–Crippen MR) is 97.1 cm³/mol. The van der Waals surface area contributed by atoms with Gasteiger partial charge in [-0.3, -0.25) is 14.5 Å². The van der Waals surface area contributed by atoms with E-state index in [1.165, 1.54) is 12.0 Å². The Hall–Kier alpha value is -3.03. The van der Waals surface area contributed by atoms with Crippen LogP contribution in [0.3, 0.4) is 0 Å². The van der Waals surface area contributed by atoms with Gasteiger partial charge in [0.1, 0.15) is 12.4 Å². The van der Waals surface area contributed by atoms with Gasteiger partial charge < -0.3 is 9.64 Å². The highest BCUT2D eigenvalue weighted by Crippen LogP contribution is 2.30. The molecule has 0 aliphatic carbocycles. The van der Waals surface area contributed by atoms with Gasteiger partial charge in [-0.25, -0.2) is 0 Å². The summed E-state index contributed by atoms with van der Waals surface area (Å²) in [5.41, 5.74) is -0.198. The summed E-state index contributed by atoms with van der Waals surface area (Å²) in [5, 5.41) is 0. The molecule has 1 saturated heterocycles. The van der Waals surface area contributed by atoms with Crippen molar-refractivity contribution in [2.75, 3.05) is 25.2 Å². The fourth-order valence-electron chi connectivity index (χ4n) is 3.01. The maximum atomic E-state index is 13.0. The highest BCUT2D eigenvalue weighted by Gasteiger charge is 2.31. The molecule has 3 rings (SSSR count). The molecule has 0 aromatic heterocycles. The number of halogens is 3. The summed E-state index contributed by atoms with van der Waals surface area (Å²) in [6, 6.07) is 10.7. The van der Waals surface area contributed by atoms with E-state index in [0.717, 1.165) is 24.3 Å². The van der Waals surface area contributed by atoms with Gasteiger partial charge in [0.2, 0.25) is 5.91 Å². The molecule has 0 bridgehead atoms. The van der Waals surface area contributed by atoms with Crippen molar-refractivity contribution in [3.8, 4) is 5.75 Å². The van der Waals surface area contributed by atoms with E-state index in [2.05, 4.69) is 0 Å². The Kier molecular flexibility index (Phi) is 5.58. The largest absolute Gasteiger partial charge is 0.497 e. The molecule has 1 aliphatic rings. The molecule has 1 aliphatic heterocycles. The van der Waals surface area contributed by atoms with E-state index in [-0.39, 0.29) is 18.1 Å². The fraction of sp³-hybridized carbons (Fsp3) is 0.300. The Bertz CT molecular complexity index is 848. The lowest BCUT2D eigenvalue weighted by atomic mass is 10.1. The lowest BCUT2D eigenvalue weighted by Gasteiger charge is -2.28. The second-order valence-corrected chi connectivity index (χ2v) is 6.41. The van der Waals surface area contributed by atoms with Crippen molar-refractivity contribution in [3.05, 3.63) is 59.7 Å². The molecule has 0 radical (unpaired) electrons. The number of alkyl halides is 3.